The molecular formula is C20H31BO2. The molecule has 1 heterocycles. The molecule has 1 fully saturated rings. The van der Waals surface area contributed by atoms with Gasteiger partial charge >= 0.3 is 7.12 Å². The van der Waals surface area contributed by atoms with Gasteiger partial charge in [0, 0.05) is 0 Å². The summed E-state index contributed by atoms with van der Waals surface area (Å²) in [7, 11) is -0.287. The highest BCUT2D eigenvalue weighted by molar-refractivity contribution is 6.52. The second kappa shape index (κ2) is 6.45. The van der Waals surface area contributed by atoms with Crippen LogP contribution in [0.5, 0.6) is 0 Å². The van der Waals surface area contributed by atoms with Crippen molar-refractivity contribution in [2.24, 2.45) is 0 Å². The zero-order valence-corrected chi connectivity index (χ0v) is 15.9. The summed E-state index contributed by atoms with van der Waals surface area (Å²) in [6.07, 6.45) is 2.12. The van der Waals surface area contributed by atoms with Crippen LogP contribution >= 0.6 is 0 Å². The van der Waals surface area contributed by atoms with Crippen molar-refractivity contribution in [1.29, 1.82) is 0 Å². The van der Waals surface area contributed by atoms with Gasteiger partial charge in [-0.15, -0.1) is 0 Å². The molecule has 1 aromatic carbocycles. The van der Waals surface area contributed by atoms with Crippen molar-refractivity contribution in [3.63, 3.8) is 0 Å². The lowest BCUT2D eigenvalue weighted by atomic mass is 9.87. The minimum absolute atomic E-state index is 0.287. The van der Waals surface area contributed by atoms with E-state index in [-0.39, 0.29) is 18.3 Å². The number of rotatable bonds is 4. The predicted octanol–water partition coefficient (Wildman–Crippen LogP) is 5.58. The molecule has 23 heavy (non-hydrogen) atoms. The fraction of sp³-hybridized carbons (Fsp3) is 0.600. The third-order valence-electron chi connectivity index (χ3n) is 5.05. The van der Waals surface area contributed by atoms with Crippen LogP contribution < -0.4 is 0 Å². The Bertz CT molecular complexity index is 543. The van der Waals surface area contributed by atoms with Crippen molar-refractivity contribution >= 4 is 13.2 Å². The highest BCUT2D eigenvalue weighted by Gasteiger charge is 2.49. The van der Waals surface area contributed by atoms with Crippen LogP contribution in [0, 0.1) is 0 Å². The van der Waals surface area contributed by atoms with E-state index in [0.29, 0.717) is 11.8 Å². The predicted molar refractivity (Wildman–Crippen MR) is 99.7 cm³/mol. The fourth-order valence-electron chi connectivity index (χ4n) is 2.62. The number of hydrogen-bond acceptors (Lipinski definition) is 2. The summed E-state index contributed by atoms with van der Waals surface area (Å²) in [4.78, 5) is 0. The van der Waals surface area contributed by atoms with Crippen LogP contribution in [0.15, 0.2) is 24.2 Å². The van der Waals surface area contributed by atoms with E-state index < -0.39 is 0 Å². The Labute approximate surface area is 142 Å². The van der Waals surface area contributed by atoms with Crippen LogP contribution in [-0.4, -0.2) is 18.3 Å². The van der Waals surface area contributed by atoms with E-state index in [1.165, 1.54) is 16.7 Å². The van der Waals surface area contributed by atoms with E-state index in [0.717, 1.165) is 0 Å². The molecule has 2 rings (SSSR count). The molecule has 0 unspecified atom stereocenters. The number of hydrogen-bond donors (Lipinski definition) is 0. The van der Waals surface area contributed by atoms with Gasteiger partial charge in [-0.25, -0.2) is 0 Å². The molecule has 0 spiro atoms. The number of benzene rings is 1. The molecule has 1 saturated heterocycles. The molecule has 0 radical (unpaired) electrons. The van der Waals surface area contributed by atoms with Gasteiger partial charge in [-0.1, -0.05) is 57.9 Å². The van der Waals surface area contributed by atoms with Gasteiger partial charge in [-0.05, 0) is 56.2 Å². The minimum Gasteiger partial charge on any atom is -0.400 e. The first-order chi connectivity index (χ1) is 10.5. The Kier molecular flexibility index (Phi) is 5.13. The zero-order chi connectivity index (χ0) is 17.4. The van der Waals surface area contributed by atoms with Gasteiger partial charge in [0.25, 0.3) is 0 Å². The Morgan fingerprint density at radius 1 is 0.826 bits per heavy atom. The lowest BCUT2D eigenvalue weighted by Gasteiger charge is -2.32. The normalized spacial score (nSPS) is 20.2. The first kappa shape index (κ1) is 18.3. The molecule has 1 aliphatic heterocycles. The summed E-state index contributed by atoms with van der Waals surface area (Å²) >= 11 is 0. The van der Waals surface area contributed by atoms with E-state index in [4.69, 9.17) is 9.31 Å². The average molecular weight is 314 g/mol. The van der Waals surface area contributed by atoms with Gasteiger partial charge < -0.3 is 9.31 Å². The Balaban J connectivity index is 2.23. The van der Waals surface area contributed by atoms with Gasteiger partial charge in [-0.3, -0.25) is 0 Å². The average Bonchev–Trinajstić information content (AvgIpc) is 2.64. The van der Waals surface area contributed by atoms with Crippen LogP contribution in [0.2, 0.25) is 0 Å². The molecule has 3 heteroatoms. The van der Waals surface area contributed by atoms with Crippen LogP contribution in [0.25, 0.3) is 6.08 Å². The van der Waals surface area contributed by atoms with Crippen molar-refractivity contribution in [1.82, 2.24) is 0 Å². The van der Waals surface area contributed by atoms with Crippen molar-refractivity contribution in [2.45, 2.75) is 78.4 Å². The van der Waals surface area contributed by atoms with Gasteiger partial charge in [-0.2, -0.15) is 0 Å². The minimum atomic E-state index is -0.287. The van der Waals surface area contributed by atoms with Gasteiger partial charge in [0.05, 0.1) is 11.2 Å². The summed E-state index contributed by atoms with van der Waals surface area (Å²) in [6, 6.07) is 6.85. The molecule has 0 bridgehead atoms. The summed E-state index contributed by atoms with van der Waals surface area (Å²) < 4.78 is 12.1. The second-order valence-corrected chi connectivity index (χ2v) is 8.23. The quantitative estimate of drug-likeness (QED) is 0.676. The maximum Gasteiger partial charge on any atom is 0.487 e. The Hall–Kier alpha value is -1.06. The highest BCUT2D eigenvalue weighted by Crippen LogP contribution is 2.37. The lowest BCUT2D eigenvalue weighted by molar-refractivity contribution is 0.00578. The molecule has 2 nitrogen and oxygen atoms in total. The van der Waals surface area contributed by atoms with E-state index in [2.05, 4.69) is 79.7 Å². The zero-order valence-electron chi connectivity index (χ0n) is 15.9. The smallest absolute Gasteiger partial charge is 0.400 e. The summed E-state index contributed by atoms with van der Waals surface area (Å²) in [5.41, 5.74) is 3.40. The van der Waals surface area contributed by atoms with Crippen LogP contribution in [0.1, 0.15) is 83.9 Å². The second-order valence-electron chi connectivity index (χ2n) is 8.23. The molecule has 0 N–H and O–H groups in total. The van der Waals surface area contributed by atoms with Crippen LogP contribution in [0.3, 0.4) is 0 Å². The molecule has 0 atom stereocenters. The SMILES string of the molecule is CC(C)c1cc(/C=C/B2OC(C)(C)C(C)(C)O2)cc(C(C)C)c1. The van der Waals surface area contributed by atoms with E-state index >= 15 is 0 Å². The Morgan fingerprint density at radius 3 is 1.65 bits per heavy atom. The van der Waals surface area contributed by atoms with E-state index in [1.54, 1.807) is 0 Å². The van der Waals surface area contributed by atoms with Crippen LogP contribution in [0.4, 0.5) is 0 Å². The van der Waals surface area contributed by atoms with Crippen molar-refractivity contribution in [3.05, 3.63) is 40.9 Å². The van der Waals surface area contributed by atoms with Gasteiger partial charge in [0.2, 0.25) is 0 Å². The largest absolute Gasteiger partial charge is 0.487 e. The Morgan fingerprint density at radius 2 is 1.26 bits per heavy atom. The van der Waals surface area contributed by atoms with Crippen molar-refractivity contribution in [2.75, 3.05) is 0 Å². The fourth-order valence-corrected chi connectivity index (χ4v) is 2.62. The standard InChI is InChI=1S/C20H31BO2/c1-14(2)17-11-16(12-18(13-17)15(3)4)9-10-21-22-19(5,6)20(7,8)23-21/h9-15H,1-8H3/b10-9+. The molecule has 126 valence electrons. The summed E-state index contributed by atoms with van der Waals surface area (Å²) in [6.45, 7) is 17.3. The molecule has 0 saturated carbocycles. The lowest BCUT2D eigenvalue weighted by Crippen LogP contribution is -2.41. The topological polar surface area (TPSA) is 18.5 Å². The molecule has 0 aliphatic carbocycles. The molecular weight excluding hydrogens is 283 g/mol. The molecule has 0 amide bonds. The van der Waals surface area contributed by atoms with Crippen molar-refractivity contribution in [3.8, 4) is 0 Å². The molecule has 1 aromatic rings. The highest BCUT2D eigenvalue weighted by atomic mass is 16.7. The van der Waals surface area contributed by atoms with E-state index in [1.807, 2.05) is 5.98 Å². The van der Waals surface area contributed by atoms with Crippen molar-refractivity contribution < 1.29 is 9.31 Å². The molecule has 0 aromatic heterocycles. The maximum atomic E-state index is 6.03. The summed E-state index contributed by atoms with van der Waals surface area (Å²) in [5.74, 6) is 3.08. The monoisotopic (exact) mass is 314 g/mol. The molecule has 1 aliphatic rings. The summed E-state index contributed by atoms with van der Waals surface area (Å²) in [5, 5.41) is 0. The first-order valence-corrected chi connectivity index (χ1v) is 8.70. The van der Waals surface area contributed by atoms with Gasteiger partial charge in [0.15, 0.2) is 0 Å². The third kappa shape index (κ3) is 4.08. The first-order valence-electron chi connectivity index (χ1n) is 8.70. The van der Waals surface area contributed by atoms with Crippen LogP contribution in [-0.2, 0) is 9.31 Å². The van der Waals surface area contributed by atoms with E-state index in [9.17, 15) is 0 Å². The third-order valence-corrected chi connectivity index (χ3v) is 5.05. The maximum absolute atomic E-state index is 6.03. The van der Waals surface area contributed by atoms with Gasteiger partial charge in [0.1, 0.15) is 0 Å².